The van der Waals surface area contributed by atoms with Crippen LogP contribution in [0.2, 0.25) is 5.02 Å². The van der Waals surface area contributed by atoms with Crippen molar-refractivity contribution in [3.05, 3.63) is 29.0 Å². The maximum absolute atomic E-state index is 12.2. The third-order valence-corrected chi connectivity index (χ3v) is 3.09. The van der Waals surface area contributed by atoms with E-state index >= 15 is 0 Å². The van der Waals surface area contributed by atoms with Gasteiger partial charge in [-0.05, 0) is 13.0 Å². The molecule has 0 radical (unpaired) electrons. The number of carbonyl (C=O) groups is 2. The number of amides is 2. The number of hydrogen-bond donors (Lipinski definition) is 1. The van der Waals surface area contributed by atoms with Gasteiger partial charge in [-0.1, -0.05) is 11.6 Å². The number of nitrogens with zero attached hydrogens (tertiary/aromatic N) is 2. The number of carbonyl (C=O) groups excluding carboxylic acids is 2. The molecule has 0 aliphatic carbocycles. The van der Waals surface area contributed by atoms with E-state index in [1.54, 1.807) is 13.0 Å². The molecule has 17 heavy (non-hydrogen) atoms. The highest BCUT2D eigenvalue weighted by Gasteiger charge is 2.30. The fourth-order valence-electron chi connectivity index (χ4n) is 1.75. The van der Waals surface area contributed by atoms with Crippen molar-refractivity contribution in [2.45, 2.75) is 13.0 Å². The summed E-state index contributed by atoms with van der Waals surface area (Å²) >= 11 is 5.93. The molecule has 2 heterocycles. The van der Waals surface area contributed by atoms with Crippen molar-refractivity contribution in [2.75, 3.05) is 13.1 Å². The van der Waals surface area contributed by atoms with Crippen LogP contribution in [-0.2, 0) is 4.79 Å². The molecule has 1 aliphatic rings. The molecule has 0 saturated carbocycles. The smallest absolute Gasteiger partial charge is 0.257 e. The Kier molecular flexibility index (Phi) is 3.28. The lowest BCUT2D eigenvalue weighted by atomic mass is 10.1. The van der Waals surface area contributed by atoms with Crippen LogP contribution in [0.15, 0.2) is 18.5 Å². The Balaban J connectivity index is 2.26. The Morgan fingerprint density at radius 3 is 3.12 bits per heavy atom. The predicted molar refractivity (Wildman–Crippen MR) is 62.8 cm³/mol. The Bertz CT molecular complexity index is 464. The Morgan fingerprint density at radius 1 is 1.65 bits per heavy atom. The van der Waals surface area contributed by atoms with Crippen LogP contribution in [0.5, 0.6) is 0 Å². The fourth-order valence-corrected chi connectivity index (χ4v) is 1.94. The lowest BCUT2D eigenvalue weighted by Gasteiger charge is -2.32. The summed E-state index contributed by atoms with van der Waals surface area (Å²) in [4.78, 5) is 29.0. The molecule has 1 unspecified atom stereocenters. The molecule has 1 aromatic rings. The third kappa shape index (κ3) is 2.24. The summed E-state index contributed by atoms with van der Waals surface area (Å²) in [7, 11) is 0. The van der Waals surface area contributed by atoms with Crippen molar-refractivity contribution in [3.8, 4) is 0 Å². The molecule has 2 rings (SSSR count). The van der Waals surface area contributed by atoms with Gasteiger partial charge in [0.25, 0.3) is 5.91 Å². The van der Waals surface area contributed by atoms with Gasteiger partial charge in [0.2, 0.25) is 5.91 Å². The molecule has 0 aromatic carbocycles. The minimum absolute atomic E-state index is 0.149. The van der Waals surface area contributed by atoms with Crippen LogP contribution in [-0.4, -0.2) is 40.8 Å². The molecule has 6 heteroatoms. The average Bonchev–Trinajstić information content (AvgIpc) is 2.32. The maximum Gasteiger partial charge on any atom is 0.257 e. The SMILES string of the molecule is CC1C(=O)NCCN1C(=O)c1cnccc1Cl. The molecule has 1 saturated heterocycles. The quantitative estimate of drug-likeness (QED) is 0.801. The first-order chi connectivity index (χ1) is 8.11. The normalized spacial score (nSPS) is 20.0. The highest BCUT2D eigenvalue weighted by Crippen LogP contribution is 2.18. The minimum Gasteiger partial charge on any atom is -0.353 e. The zero-order valence-electron chi connectivity index (χ0n) is 9.31. The number of pyridine rings is 1. The summed E-state index contributed by atoms with van der Waals surface area (Å²) in [6.45, 7) is 2.64. The topological polar surface area (TPSA) is 62.3 Å². The number of halogens is 1. The van der Waals surface area contributed by atoms with Gasteiger partial charge in [-0.15, -0.1) is 0 Å². The number of nitrogens with one attached hydrogen (secondary N) is 1. The van der Waals surface area contributed by atoms with E-state index in [-0.39, 0.29) is 11.8 Å². The van der Waals surface area contributed by atoms with Gasteiger partial charge in [0.1, 0.15) is 6.04 Å². The van der Waals surface area contributed by atoms with Crippen molar-refractivity contribution >= 4 is 23.4 Å². The second-order valence-corrected chi connectivity index (χ2v) is 4.23. The van der Waals surface area contributed by atoms with Gasteiger partial charge in [0.15, 0.2) is 0 Å². The van der Waals surface area contributed by atoms with Gasteiger partial charge in [0, 0.05) is 25.5 Å². The number of piperazine rings is 1. The molecule has 5 nitrogen and oxygen atoms in total. The van der Waals surface area contributed by atoms with Crippen molar-refractivity contribution in [1.82, 2.24) is 15.2 Å². The maximum atomic E-state index is 12.2. The van der Waals surface area contributed by atoms with E-state index < -0.39 is 6.04 Å². The average molecular weight is 254 g/mol. The van der Waals surface area contributed by atoms with Crippen molar-refractivity contribution < 1.29 is 9.59 Å². The highest BCUT2D eigenvalue weighted by molar-refractivity contribution is 6.33. The molecule has 1 aliphatic heterocycles. The fraction of sp³-hybridized carbons (Fsp3) is 0.364. The lowest BCUT2D eigenvalue weighted by Crippen LogP contribution is -2.55. The molecule has 1 atom stereocenters. The minimum atomic E-state index is -0.479. The van der Waals surface area contributed by atoms with E-state index in [0.29, 0.717) is 23.7 Å². The molecule has 0 bridgehead atoms. The van der Waals surface area contributed by atoms with Crippen molar-refractivity contribution in [3.63, 3.8) is 0 Å². The largest absolute Gasteiger partial charge is 0.353 e. The van der Waals surface area contributed by atoms with Crippen LogP contribution >= 0.6 is 11.6 Å². The summed E-state index contributed by atoms with van der Waals surface area (Å²) in [6, 6.07) is 1.08. The molecule has 1 aromatic heterocycles. The van der Waals surface area contributed by atoms with Gasteiger partial charge in [0.05, 0.1) is 10.6 Å². The summed E-state index contributed by atoms with van der Waals surface area (Å²) in [5.74, 6) is -0.407. The highest BCUT2D eigenvalue weighted by atomic mass is 35.5. The third-order valence-electron chi connectivity index (χ3n) is 2.76. The Labute approximate surface area is 104 Å². The predicted octanol–water partition coefficient (Wildman–Crippen LogP) is 0.696. The first-order valence-electron chi connectivity index (χ1n) is 5.29. The van der Waals surface area contributed by atoms with Crippen LogP contribution in [0.25, 0.3) is 0 Å². The Morgan fingerprint density at radius 2 is 2.41 bits per heavy atom. The van der Waals surface area contributed by atoms with E-state index in [2.05, 4.69) is 10.3 Å². The second-order valence-electron chi connectivity index (χ2n) is 3.82. The van der Waals surface area contributed by atoms with Gasteiger partial charge in [-0.25, -0.2) is 0 Å². The lowest BCUT2D eigenvalue weighted by molar-refractivity contribution is -0.127. The van der Waals surface area contributed by atoms with E-state index in [9.17, 15) is 9.59 Å². The zero-order chi connectivity index (χ0) is 12.4. The first kappa shape index (κ1) is 11.9. The number of rotatable bonds is 1. The monoisotopic (exact) mass is 253 g/mol. The molecule has 1 N–H and O–H groups in total. The molecule has 0 spiro atoms. The van der Waals surface area contributed by atoms with Gasteiger partial charge in [-0.3, -0.25) is 14.6 Å². The summed E-state index contributed by atoms with van der Waals surface area (Å²) in [5.41, 5.74) is 0.329. The Hall–Kier alpha value is -1.62. The van der Waals surface area contributed by atoms with E-state index in [0.717, 1.165) is 0 Å². The second kappa shape index (κ2) is 4.71. The van der Waals surface area contributed by atoms with E-state index in [1.807, 2.05) is 0 Å². The molecule has 90 valence electrons. The van der Waals surface area contributed by atoms with Gasteiger partial charge in [-0.2, -0.15) is 0 Å². The van der Waals surface area contributed by atoms with E-state index in [4.69, 9.17) is 11.6 Å². The van der Waals surface area contributed by atoms with Crippen LogP contribution in [0.3, 0.4) is 0 Å². The summed E-state index contributed by atoms with van der Waals surface area (Å²) in [6.07, 6.45) is 2.94. The molecule has 1 fully saturated rings. The standard InChI is InChI=1S/C11H12ClN3O2/c1-7-10(16)14-4-5-15(7)11(17)8-6-13-3-2-9(8)12/h2-3,6-7H,4-5H2,1H3,(H,14,16). The summed E-state index contributed by atoms with van der Waals surface area (Å²) in [5, 5.41) is 3.05. The van der Waals surface area contributed by atoms with Crippen LogP contribution in [0.4, 0.5) is 0 Å². The van der Waals surface area contributed by atoms with Crippen LogP contribution in [0, 0.1) is 0 Å². The number of aromatic nitrogens is 1. The summed E-state index contributed by atoms with van der Waals surface area (Å²) < 4.78 is 0. The molecular formula is C11H12ClN3O2. The first-order valence-corrected chi connectivity index (χ1v) is 5.67. The van der Waals surface area contributed by atoms with Crippen LogP contribution < -0.4 is 5.32 Å². The van der Waals surface area contributed by atoms with Crippen LogP contribution in [0.1, 0.15) is 17.3 Å². The van der Waals surface area contributed by atoms with E-state index in [1.165, 1.54) is 17.3 Å². The zero-order valence-corrected chi connectivity index (χ0v) is 10.1. The van der Waals surface area contributed by atoms with Gasteiger partial charge >= 0.3 is 0 Å². The van der Waals surface area contributed by atoms with Gasteiger partial charge < -0.3 is 10.2 Å². The molecular weight excluding hydrogens is 242 g/mol. The number of hydrogen-bond acceptors (Lipinski definition) is 3. The van der Waals surface area contributed by atoms with Crippen molar-refractivity contribution in [1.29, 1.82) is 0 Å². The molecule has 2 amide bonds. The van der Waals surface area contributed by atoms with Crippen molar-refractivity contribution in [2.24, 2.45) is 0 Å².